The molecular weight excluding hydrogens is 112 g/mol. The molecule has 1 aliphatic heterocycles. The Morgan fingerprint density at radius 1 is 1.56 bits per heavy atom. The van der Waals surface area contributed by atoms with Crippen molar-refractivity contribution in [2.45, 2.75) is 26.3 Å². The van der Waals surface area contributed by atoms with Crippen LogP contribution in [0, 0.1) is 0 Å². The van der Waals surface area contributed by atoms with Gasteiger partial charge in [0.1, 0.15) is 19.1 Å². The van der Waals surface area contributed by atoms with Crippen molar-refractivity contribution in [3.63, 3.8) is 0 Å². The fraction of sp³-hybridized carbons (Fsp3) is 1.00. The van der Waals surface area contributed by atoms with E-state index in [1.54, 1.807) is 0 Å². The van der Waals surface area contributed by atoms with Gasteiger partial charge in [-0.1, -0.05) is 6.92 Å². The topological polar surface area (TPSA) is 12.0 Å². The average Bonchev–Trinajstić information content (AvgIpc) is 2.66. The van der Waals surface area contributed by atoms with Gasteiger partial charge >= 0.3 is 0 Å². The highest BCUT2D eigenvalue weighted by Gasteiger charge is 2.45. The highest BCUT2D eigenvalue weighted by Crippen LogP contribution is 2.22. The lowest BCUT2D eigenvalue weighted by Gasteiger charge is -2.22. The van der Waals surface area contributed by atoms with Crippen LogP contribution in [0.4, 0.5) is 0 Å². The largest absolute Gasteiger partial charge is 0.234 e. The van der Waals surface area contributed by atoms with Crippen LogP contribution in [0.5, 0.6) is 0 Å². The molecule has 2 nitrogen and oxygen atoms in total. The van der Waals surface area contributed by atoms with Crippen LogP contribution in [0.1, 0.15) is 20.3 Å². The highest BCUT2D eigenvalue weighted by molar-refractivity contribution is 4.58. The molecule has 1 unspecified atom stereocenters. The Kier molecular flexibility index (Phi) is 1.78. The standard InChI is InChI=1S/C7H17N2/c1-4-7(2)9(8-3)5-6-9/h7-8H,4-6H2,1-3H3/q+1. The first-order chi connectivity index (χ1) is 4.25. The molecule has 1 N–H and O–H groups in total. The summed E-state index contributed by atoms with van der Waals surface area (Å²) in [5.41, 5.74) is 3.34. The van der Waals surface area contributed by atoms with Gasteiger partial charge in [0.2, 0.25) is 0 Å². The summed E-state index contributed by atoms with van der Waals surface area (Å²) in [7, 11) is 2.05. The van der Waals surface area contributed by atoms with Gasteiger partial charge in [-0.05, 0) is 13.3 Å². The Labute approximate surface area is 57.4 Å². The van der Waals surface area contributed by atoms with Crippen LogP contribution in [0.15, 0.2) is 0 Å². The number of quaternary nitrogens is 1. The Balaban J connectivity index is 2.39. The van der Waals surface area contributed by atoms with E-state index < -0.39 is 0 Å². The summed E-state index contributed by atoms with van der Waals surface area (Å²) in [6.07, 6.45) is 1.28. The molecule has 0 aliphatic carbocycles. The third kappa shape index (κ3) is 1.10. The maximum absolute atomic E-state index is 3.34. The van der Waals surface area contributed by atoms with Crippen molar-refractivity contribution in [3.8, 4) is 0 Å². The Hall–Kier alpha value is -0.0800. The van der Waals surface area contributed by atoms with E-state index >= 15 is 0 Å². The Morgan fingerprint density at radius 2 is 2.11 bits per heavy atom. The molecule has 0 amide bonds. The Bertz CT molecular complexity index is 97.1. The van der Waals surface area contributed by atoms with Crippen molar-refractivity contribution < 1.29 is 4.59 Å². The van der Waals surface area contributed by atoms with Crippen LogP contribution in [0.3, 0.4) is 0 Å². The molecule has 1 atom stereocenters. The van der Waals surface area contributed by atoms with Gasteiger partial charge < -0.3 is 0 Å². The van der Waals surface area contributed by atoms with E-state index in [1.165, 1.54) is 19.5 Å². The third-order valence-corrected chi connectivity index (χ3v) is 2.59. The van der Waals surface area contributed by atoms with Gasteiger partial charge in [-0.2, -0.15) is 5.43 Å². The van der Waals surface area contributed by atoms with E-state index in [-0.39, 0.29) is 0 Å². The third-order valence-electron chi connectivity index (χ3n) is 2.59. The monoisotopic (exact) mass is 129 g/mol. The first kappa shape index (κ1) is 7.03. The lowest BCUT2D eigenvalue weighted by Crippen LogP contribution is -2.44. The summed E-state index contributed by atoms with van der Waals surface area (Å²) in [6.45, 7) is 7.21. The van der Waals surface area contributed by atoms with E-state index in [0.29, 0.717) is 0 Å². The molecule has 0 spiro atoms. The normalized spacial score (nSPS) is 25.7. The molecule has 0 aromatic rings. The molecule has 1 heterocycles. The maximum atomic E-state index is 3.34. The van der Waals surface area contributed by atoms with Gasteiger partial charge in [0.15, 0.2) is 0 Å². The number of rotatable bonds is 3. The van der Waals surface area contributed by atoms with E-state index in [0.717, 1.165) is 10.6 Å². The van der Waals surface area contributed by atoms with E-state index in [2.05, 4.69) is 26.3 Å². The van der Waals surface area contributed by atoms with E-state index in [1.807, 2.05) is 0 Å². The summed E-state index contributed by atoms with van der Waals surface area (Å²) in [4.78, 5) is 0. The summed E-state index contributed by atoms with van der Waals surface area (Å²) < 4.78 is 1.15. The zero-order valence-corrected chi connectivity index (χ0v) is 6.65. The molecule has 0 aromatic heterocycles. The van der Waals surface area contributed by atoms with Gasteiger partial charge in [-0.3, -0.25) is 0 Å². The van der Waals surface area contributed by atoms with Crippen LogP contribution in [-0.2, 0) is 0 Å². The zero-order chi connectivity index (χ0) is 6.91. The predicted molar refractivity (Wildman–Crippen MR) is 38.8 cm³/mol. The number of nitrogens with zero attached hydrogens (tertiary/aromatic N) is 1. The molecule has 54 valence electrons. The second kappa shape index (κ2) is 2.27. The first-order valence-corrected chi connectivity index (χ1v) is 3.81. The van der Waals surface area contributed by atoms with Gasteiger partial charge in [-0.15, -0.1) is 0 Å². The minimum atomic E-state index is 0.801. The van der Waals surface area contributed by atoms with Crippen LogP contribution in [-0.4, -0.2) is 30.8 Å². The molecule has 9 heavy (non-hydrogen) atoms. The van der Waals surface area contributed by atoms with Crippen LogP contribution in [0.25, 0.3) is 0 Å². The fourth-order valence-corrected chi connectivity index (χ4v) is 1.34. The molecule has 0 aromatic carbocycles. The number of hydrogen-bond donors (Lipinski definition) is 1. The SMILES string of the molecule is CCC(C)[N+]1(NC)CC1. The van der Waals surface area contributed by atoms with Crippen molar-refractivity contribution in [1.82, 2.24) is 5.43 Å². The molecule has 1 aliphatic rings. The van der Waals surface area contributed by atoms with Crippen LogP contribution < -0.4 is 5.43 Å². The smallest absolute Gasteiger partial charge is 0.148 e. The Morgan fingerprint density at radius 3 is 2.22 bits per heavy atom. The average molecular weight is 129 g/mol. The van der Waals surface area contributed by atoms with E-state index in [4.69, 9.17) is 0 Å². The maximum Gasteiger partial charge on any atom is 0.148 e. The van der Waals surface area contributed by atoms with Crippen LogP contribution >= 0.6 is 0 Å². The van der Waals surface area contributed by atoms with Gasteiger partial charge in [0.05, 0.1) is 0 Å². The van der Waals surface area contributed by atoms with E-state index in [9.17, 15) is 0 Å². The van der Waals surface area contributed by atoms with Gasteiger partial charge in [0.25, 0.3) is 0 Å². The fourth-order valence-electron chi connectivity index (χ4n) is 1.34. The summed E-state index contributed by atoms with van der Waals surface area (Å²) in [6, 6.07) is 0.801. The minimum absolute atomic E-state index is 0.801. The molecule has 1 saturated heterocycles. The van der Waals surface area contributed by atoms with Crippen molar-refractivity contribution in [2.24, 2.45) is 0 Å². The lowest BCUT2D eigenvalue weighted by atomic mass is 10.2. The zero-order valence-electron chi connectivity index (χ0n) is 6.65. The quantitative estimate of drug-likeness (QED) is 0.438. The van der Waals surface area contributed by atoms with Crippen LogP contribution in [0.2, 0.25) is 0 Å². The molecule has 1 rings (SSSR count). The second-order valence-electron chi connectivity index (χ2n) is 2.96. The molecule has 0 radical (unpaired) electrons. The highest BCUT2D eigenvalue weighted by atomic mass is 15.7. The summed E-state index contributed by atoms with van der Waals surface area (Å²) >= 11 is 0. The lowest BCUT2D eigenvalue weighted by molar-refractivity contribution is -0.869. The molecule has 0 bridgehead atoms. The number of hydrogen-bond acceptors (Lipinski definition) is 1. The minimum Gasteiger partial charge on any atom is -0.234 e. The summed E-state index contributed by atoms with van der Waals surface area (Å²) in [5, 5.41) is 0. The van der Waals surface area contributed by atoms with Crippen molar-refractivity contribution >= 4 is 0 Å². The molecule has 1 fully saturated rings. The summed E-state index contributed by atoms with van der Waals surface area (Å²) in [5.74, 6) is 0. The second-order valence-corrected chi connectivity index (χ2v) is 2.96. The van der Waals surface area contributed by atoms with Gasteiger partial charge in [0, 0.05) is 7.05 Å². The first-order valence-electron chi connectivity index (χ1n) is 3.81. The predicted octanol–water partition coefficient (Wildman–Crippen LogP) is 0.750. The van der Waals surface area contributed by atoms with Crippen molar-refractivity contribution in [1.29, 1.82) is 0 Å². The number of nitrogens with one attached hydrogen (secondary N) is 1. The molecular formula is C7H17N2+. The molecule has 0 saturated carbocycles. The van der Waals surface area contributed by atoms with Gasteiger partial charge in [-0.25, -0.2) is 4.59 Å². The van der Waals surface area contributed by atoms with Crippen molar-refractivity contribution in [2.75, 3.05) is 20.1 Å². The van der Waals surface area contributed by atoms with Crippen molar-refractivity contribution in [3.05, 3.63) is 0 Å². The molecule has 2 heteroatoms.